The number of nitrogens with zero attached hydrogens (tertiary/aromatic N) is 1. The van der Waals surface area contributed by atoms with Gasteiger partial charge in [-0.2, -0.15) is 0 Å². The standard InChI is InChI=1S/C23H21NO5/c25-19(26)12-7-15-24-18(14-13-16-8-3-1-4-9-16)20(22(28)23(24)29)21(27)17-10-5-2-6-11-17/h1-6,8-11,13-14,18,27H,7,12,15H2,(H,25,26)/b14-13+,21-20+/t18-/m0/s1. The minimum absolute atomic E-state index is 0.00343. The van der Waals surface area contributed by atoms with Gasteiger partial charge in [0.05, 0.1) is 11.6 Å². The van der Waals surface area contributed by atoms with Crippen LogP contribution in [0.3, 0.4) is 0 Å². The quantitative estimate of drug-likeness (QED) is 0.429. The Hall–Kier alpha value is -3.67. The first-order valence-corrected chi connectivity index (χ1v) is 9.28. The third kappa shape index (κ3) is 4.60. The molecule has 6 nitrogen and oxygen atoms in total. The Morgan fingerprint density at radius 2 is 1.59 bits per heavy atom. The summed E-state index contributed by atoms with van der Waals surface area (Å²) in [4.78, 5) is 37.4. The average molecular weight is 391 g/mol. The summed E-state index contributed by atoms with van der Waals surface area (Å²) >= 11 is 0. The Labute approximate surface area is 168 Å². The summed E-state index contributed by atoms with van der Waals surface area (Å²) < 4.78 is 0. The first kappa shape index (κ1) is 20.1. The van der Waals surface area contributed by atoms with E-state index < -0.39 is 23.7 Å². The van der Waals surface area contributed by atoms with Crippen LogP contribution in [-0.2, 0) is 14.4 Å². The van der Waals surface area contributed by atoms with E-state index in [2.05, 4.69) is 0 Å². The van der Waals surface area contributed by atoms with Gasteiger partial charge in [-0.15, -0.1) is 0 Å². The highest BCUT2D eigenvalue weighted by Gasteiger charge is 2.43. The molecular weight excluding hydrogens is 370 g/mol. The van der Waals surface area contributed by atoms with Gasteiger partial charge in [-0.25, -0.2) is 0 Å². The zero-order valence-electron chi connectivity index (χ0n) is 15.7. The fourth-order valence-electron chi connectivity index (χ4n) is 3.27. The second-order valence-corrected chi connectivity index (χ2v) is 6.67. The van der Waals surface area contributed by atoms with E-state index in [9.17, 15) is 19.5 Å². The number of hydrogen-bond donors (Lipinski definition) is 2. The zero-order chi connectivity index (χ0) is 20.8. The number of aliphatic carboxylic acids is 1. The Morgan fingerprint density at radius 3 is 2.21 bits per heavy atom. The van der Waals surface area contributed by atoms with E-state index in [0.717, 1.165) is 5.56 Å². The lowest BCUT2D eigenvalue weighted by Gasteiger charge is -2.22. The maximum absolute atomic E-state index is 12.7. The monoisotopic (exact) mass is 391 g/mol. The van der Waals surface area contributed by atoms with Gasteiger partial charge >= 0.3 is 5.97 Å². The topological polar surface area (TPSA) is 94.9 Å². The van der Waals surface area contributed by atoms with Crippen molar-refractivity contribution in [3.63, 3.8) is 0 Å². The number of hydrogen-bond acceptors (Lipinski definition) is 4. The van der Waals surface area contributed by atoms with Crippen molar-refractivity contribution in [2.75, 3.05) is 6.54 Å². The molecule has 3 rings (SSSR count). The van der Waals surface area contributed by atoms with Crippen LogP contribution in [-0.4, -0.2) is 45.4 Å². The van der Waals surface area contributed by atoms with Gasteiger partial charge < -0.3 is 15.1 Å². The summed E-state index contributed by atoms with van der Waals surface area (Å²) in [5.41, 5.74) is 1.32. The average Bonchev–Trinajstić information content (AvgIpc) is 2.97. The van der Waals surface area contributed by atoms with Crippen LogP contribution in [0.25, 0.3) is 11.8 Å². The lowest BCUT2D eigenvalue weighted by Crippen LogP contribution is -2.34. The molecule has 1 heterocycles. The molecule has 1 atom stereocenters. The van der Waals surface area contributed by atoms with E-state index in [4.69, 9.17) is 5.11 Å². The first-order valence-electron chi connectivity index (χ1n) is 9.28. The summed E-state index contributed by atoms with van der Waals surface area (Å²) in [5, 5.41) is 19.6. The van der Waals surface area contributed by atoms with Crippen molar-refractivity contribution < 1.29 is 24.6 Å². The van der Waals surface area contributed by atoms with Gasteiger partial charge in [0.25, 0.3) is 11.7 Å². The Morgan fingerprint density at radius 1 is 0.966 bits per heavy atom. The van der Waals surface area contributed by atoms with Crippen LogP contribution >= 0.6 is 0 Å². The molecule has 1 saturated heterocycles. The molecule has 2 aromatic carbocycles. The molecule has 1 fully saturated rings. The molecule has 1 amide bonds. The van der Waals surface area contributed by atoms with Gasteiger partial charge in [-0.3, -0.25) is 14.4 Å². The SMILES string of the molecule is O=C(O)CCCN1C(=O)C(=O)/C(=C(/O)c2ccccc2)[C@@H]1/C=C/c1ccccc1. The maximum Gasteiger partial charge on any atom is 0.303 e. The molecular formula is C23H21NO5. The van der Waals surface area contributed by atoms with Crippen LogP contribution in [0.5, 0.6) is 0 Å². The molecule has 0 aliphatic carbocycles. The molecule has 1 aliphatic rings. The number of likely N-dealkylation sites (tertiary alicyclic amines) is 1. The highest BCUT2D eigenvalue weighted by atomic mass is 16.4. The first-order chi connectivity index (χ1) is 14.0. The van der Waals surface area contributed by atoms with E-state index in [1.165, 1.54) is 4.90 Å². The number of aliphatic hydroxyl groups excluding tert-OH is 1. The molecule has 148 valence electrons. The lowest BCUT2D eigenvalue weighted by molar-refractivity contribution is -0.140. The molecule has 6 heteroatoms. The van der Waals surface area contributed by atoms with Crippen molar-refractivity contribution in [2.45, 2.75) is 18.9 Å². The second-order valence-electron chi connectivity index (χ2n) is 6.67. The van der Waals surface area contributed by atoms with Crippen molar-refractivity contribution in [3.8, 4) is 0 Å². The minimum atomic E-state index is -0.970. The van der Waals surface area contributed by atoms with Crippen molar-refractivity contribution in [1.29, 1.82) is 0 Å². The fourth-order valence-corrected chi connectivity index (χ4v) is 3.27. The molecule has 0 bridgehead atoms. The number of aliphatic hydroxyl groups is 1. The molecule has 2 N–H and O–H groups in total. The number of ketones is 1. The van der Waals surface area contributed by atoms with Gasteiger partial charge in [0.2, 0.25) is 0 Å². The Balaban J connectivity index is 2.00. The fraction of sp³-hybridized carbons (Fsp3) is 0.174. The molecule has 0 spiro atoms. The molecule has 0 radical (unpaired) electrons. The van der Waals surface area contributed by atoms with Crippen LogP contribution in [0.15, 0.2) is 72.3 Å². The van der Waals surface area contributed by atoms with Crippen molar-refractivity contribution in [2.24, 2.45) is 0 Å². The smallest absolute Gasteiger partial charge is 0.303 e. The Kier molecular flexibility index (Phi) is 6.24. The number of amides is 1. The van der Waals surface area contributed by atoms with Crippen LogP contribution < -0.4 is 0 Å². The maximum atomic E-state index is 12.7. The van der Waals surface area contributed by atoms with Crippen molar-refractivity contribution in [3.05, 3.63) is 83.4 Å². The van der Waals surface area contributed by atoms with E-state index in [1.54, 1.807) is 42.5 Å². The molecule has 0 aromatic heterocycles. The predicted octanol–water partition coefficient (Wildman–Crippen LogP) is 3.31. The van der Waals surface area contributed by atoms with Gasteiger partial charge in [-0.05, 0) is 12.0 Å². The molecule has 0 unspecified atom stereocenters. The van der Waals surface area contributed by atoms with Crippen LogP contribution in [0, 0.1) is 0 Å². The summed E-state index contributed by atoms with van der Waals surface area (Å²) in [6.07, 6.45) is 3.56. The number of rotatable bonds is 7. The summed E-state index contributed by atoms with van der Waals surface area (Å²) in [6.45, 7) is 0.103. The third-order valence-corrected chi connectivity index (χ3v) is 4.69. The van der Waals surface area contributed by atoms with Crippen molar-refractivity contribution in [1.82, 2.24) is 4.90 Å². The van der Waals surface area contributed by atoms with Gasteiger partial charge in [0.1, 0.15) is 5.76 Å². The minimum Gasteiger partial charge on any atom is -0.507 e. The summed E-state index contributed by atoms with van der Waals surface area (Å²) in [7, 11) is 0. The number of carboxylic acid groups (broad SMARTS) is 1. The third-order valence-electron chi connectivity index (χ3n) is 4.69. The molecule has 0 saturated carbocycles. The summed E-state index contributed by atoms with van der Waals surface area (Å²) in [6, 6.07) is 17.2. The number of carboxylic acids is 1. The second kappa shape index (κ2) is 9.01. The van der Waals surface area contributed by atoms with Crippen LogP contribution in [0.1, 0.15) is 24.0 Å². The van der Waals surface area contributed by atoms with E-state index >= 15 is 0 Å². The molecule has 29 heavy (non-hydrogen) atoms. The summed E-state index contributed by atoms with van der Waals surface area (Å²) in [5.74, 6) is -2.73. The lowest BCUT2D eigenvalue weighted by atomic mass is 10.00. The van der Waals surface area contributed by atoms with Crippen LogP contribution in [0.4, 0.5) is 0 Å². The highest BCUT2D eigenvalue weighted by molar-refractivity contribution is 6.47. The molecule has 1 aliphatic heterocycles. The normalized spacial score (nSPS) is 18.5. The van der Waals surface area contributed by atoms with Crippen LogP contribution in [0.2, 0.25) is 0 Å². The van der Waals surface area contributed by atoms with E-state index in [0.29, 0.717) is 5.56 Å². The van der Waals surface area contributed by atoms with Gasteiger partial charge in [0.15, 0.2) is 0 Å². The van der Waals surface area contributed by atoms with Crippen molar-refractivity contribution >= 4 is 29.5 Å². The number of benzene rings is 2. The number of carbonyl (C=O) groups excluding carboxylic acids is 2. The highest BCUT2D eigenvalue weighted by Crippen LogP contribution is 2.30. The zero-order valence-corrected chi connectivity index (χ0v) is 15.7. The predicted molar refractivity (Wildman–Crippen MR) is 109 cm³/mol. The Bertz CT molecular complexity index is 963. The van der Waals surface area contributed by atoms with E-state index in [1.807, 2.05) is 30.3 Å². The molecule has 2 aromatic rings. The number of carbonyl (C=O) groups is 3. The number of Topliss-reactive ketones (excluding diaryl/α,β-unsaturated/α-hetero) is 1. The van der Waals surface area contributed by atoms with Gasteiger partial charge in [-0.1, -0.05) is 72.8 Å². The largest absolute Gasteiger partial charge is 0.507 e. The van der Waals surface area contributed by atoms with Gasteiger partial charge in [0, 0.05) is 18.5 Å². The van der Waals surface area contributed by atoms with E-state index in [-0.39, 0.29) is 30.7 Å².